The van der Waals surface area contributed by atoms with Crippen molar-refractivity contribution in [3.8, 4) is 0 Å². The van der Waals surface area contributed by atoms with Gasteiger partial charge in [-0.15, -0.1) is 0 Å². The van der Waals surface area contributed by atoms with E-state index in [1.807, 2.05) is 30.3 Å². The molecule has 24 heavy (non-hydrogen) atoms. The smallest absolute Gasteiger partial charge is 0.248 e. The van der Waals surface area contributed by atoms with Crippen LogP contribution < -0.4 is 11.1 Å². The number of nitrogens with one attached hydrogen (secondary N) is 1. The molecule has 0 unspecified atom stereocenters. The monoisotopic (exact) mass is 342 g/mol. The molecule has 0 radical (unpaired) electrons. The summed E-state index contributed by atoms with van der Waals surface area (Å²) in [7, 11) is 0. The van der Waals surface area contributed by atoms with E-state index in [1.54, 1.807) is 6.07 Å². The van der Waals surface area contributed by atoms with Crippen LogP contribution in [0, 0.1) is 0 Å². The van der Waals surface area contributed by atoms with Crippen molar-refractivity contribution >= 4 is 17.5 Å². The first kappa shape index (κ1) is 17.0. The Hall–Kier alpha value is -1.84. The molecule has 0 aliphatic heterocycles. The van der Waals surface area contributed by atoms with Crippen LogP contribution in [0.5, 0.6) is 0 Å². The Morgan fingerprint density at radius 1 is 1.08 bits per heavy atom. The highest BCUT2D eigenvalue weighted by Crippen LogP contribution is 2.37. The lowest BCUT2D eigenvalue weighted by Crippen LogP contribution is -2.43. The second-order valence-electron chi connectivity index (χ2n) is 6.57. The summed E-state index contributed by atoms with van der Waals surface area (Å²) in [5.74, 6) is -0.387. The third-order valence-electron chi connectivity index (χ3n) is 4.95. The van der Waals surface area contributed by atoms with Crippen LogP contribution in [-0.2, 0) is 12.1 Å². The second-order valence-corrected chi connectivity index (χ2v) is 7.00. The van der Waals surface area contributed by atoms with Crippen LogP contribution in [0.3, 0.4) is 0 Å². The van der Waals surface area contributed by atoms with Crippen LogP contribution in [0.2, 0.25) is 5.02 Å². The van der Waals surface area contributed by atoms with Gasteiger partial charge in [0.05, 0.1) is 0 Å². The van der Waals surface area contributed by atoms with Crippen molar-refractivity contribution in [1.29, 1.82) is 0 Å². The summed E-state index contributed by atoms with van der Waals surface area (Å²) in [5.41, 5.74) is 8.28. The standard InChI is InChI=1S/C20H23ClN2O/c21-18-9-7-17(8-10-18)20(11-2-1-3-12-20)23-14-15-5-4-6-16(13-15)19(22)24/h4-10,13,23H,1-3,11-12,14H2,(H2,22,24). The van der Waals surface area contributed by atoms with Gasteiger partial charge in [0.1, 0.15) is 0 Å². The summed E-state index contributed by atoms with van der Waals surface area (Å²) in [5, 5.41) is 4.52. The fourth-order valence-electron chi connectivity index (χ4n) is 3.60. The van der Waals surface area contributed by atoms with Gasteiger partial charge in [-0.2, -0.15) is 0 Å². The molecule has 0 aromatic heterocycles. The summed E-state index contributed by atoms with van der Waals surface area (Å²) in [6.07, 6.45) is 5.95. The minimum absolute atomic E-state index is 0.0223. The van der Waals surface area contributed by atoms with Crippen molar-refractivity contribution in [2.24, 2.45) is 5.73 Å². The van der Waals surface area contributed by atoms with E-state index >= 15 is 0 Å². The fraction of sp³-hybridized carbons (Fsp3) is 0.350. The van der Waals surface area contributed by atoms with E-state index in [0.29, 0.717) is 12.1 Å². The minimum atomic E-state index is -0.387. The number of rotatable bonds is 5. The van der Waals surface area contributed by atoms with Crippen molar-refractivity contribution < 1.29 is 4.79 Å². The molecule has 126 valence electrons. The van der Waals surface area contributed by atoms with Gasteiger partial charge < -0.3 is 11.1 Å². The Bertz CT molecular complexity index is 706. The highest BCUT2D eigenvalue weighted by molar-refractivity contribution is 6.30. The zero-order valence-electron chi connectivity index (χ0n) is 13.7. The van der Waals surface area contributed by atoms with Crippen LogP contribution in [0.15, 0.2) is 48.5 Å². The normalized spacial score (nSPS) is 16.7. The molecule has 0 saturated heterocycles. The highest BCUT2D eigenvalue weighted by Gasteiger charge is 2.33. The molecule has 2 aromatic rings. The van der Waals surface area contributed by atoms with Crippen molar-refractivity contribution in [1.82, 2.24) is 5.32 Å². The van der Waals surface area contributed by atoms with E-state index in [2.05, 4.69) is 17.4 Å². The lowest BCUT2D eigenvalue weighted by molar-refractivity contribution is 0.1000. The third-order valence-corrected chi connectivity index (χ3v) is 5.20. The Morgan fingerprint density at radius 3 is 2.46 bits per heavy atom. The van der Waals surface area contributed by atoms with Gasteiger partial charge in [0.2, 0.25) is 5.91 Å². The van der Waals surface area contributed by atoms with Crippen molar-refractivity contribution in [3.63, 3.8) is 0 Å². The highest BCUT2D eigenvalue weighted by atomic mass is 35.5. The number of halogens is 1. The lowest BCUT2D eigenvalue weighted by atomic mass is 9.76. The van der Waals surface area contributed by atoms with E-state index in [1.165, 1.54) is 24.8 Å². The largest absolute Gasteiger partial charge is 0.366 e. The second kappa shape index (κ2) is 7.37. The van der Waals surface area contributed by atoms with Crippen LogP contribution >= 0.6 is 11.6 Å². The summed E-state index contributed by atoms with van der Waals surface area (Å²) in [6.45, 7) is 0.712. The molecule has 3 rings (SSSR count). The molecule has 3 N–H and O–H groups in total. The first-order valence-corrected chi connectivity index (χ1v) is 8.87. The molecular weight excluding hydrogens is 320 g/mol. The molecule has 0 heterocycles. The predicted molar refractivity (Wildman–Crippen MR) is 98.0 cm³/mol. The molecule has 4 heteroatoms. The number of carbonyl (C=O) groups excluding carboxylic acids is 1. The number of carbonyl (C=O) groups is 1. The SMILES string of the molecule is NC(=O)c1cccc(CNC2(c3ccc(Cl)cc3)CCCCC2)c1. The van der Waals surface area contributed by atoms with Crippen molar-refractivity contribution in [2.75, 3.05) is 0 Å². The Morgan fingerprint density at radius 2 is 1.79 bits per heavy atom. The van der Waals surface area contributed by atoms with E-state index < -0.39 is 0 Å². The van der Waals surface area contributed by atoms with Crippen LogP contribution in [0.1, 0.15) is 53.6 Å². The maximum absolute atomic E-state index is 11.4. The first-order valence-electron chi connectivity index (χ1n) is 8.49. The van der Waals surface area contributed by atoms with Gasteiger partial charge in [0.25, 0.3) is 0 Å². The zero-order valence-corrected chi connectivity index (χ0v) is 14.5. The molecule has 0 atom stereocenters. The third kappa shape index (κ3) is 3.80. The van der Waals surface area contributed by atoms with Gasteiger partial charge in [-0.05, 0) is 48.2 Å². The van der Waals surface area contributed by atoms with Gasteiger partial charge in [-0.25, -0.2) is 0 Å². The van der Waals surface area contributed by atoms with Gasteiger partial charge in [-0.1, -0.05) is 55.1 Å². The molecule has 1 saturated carbocycles. The number of amides is 1. The Labute approximate surface area is 148 Å². The van der Waals surface area contributed by atoms with Crippen molar-refractivity contribution in [3.05, 3.63) is 70.2 Å². The molecule has 1 aliphatic rings. The fourth-order valence-corrected chi connectivity index (χ4v) is 3.72. The van der Waals surface area contributed by atoms with Crippen LogP contribution in [-0.4, -0.2) is 5.91 Å². The summed E-state index contributed by atoms with van der Waals surface area (Å²) < 4.78 is 0. The van der Waals surface area contributed by atoms with Gasteiger partial charge in [0.15, 0.2) is 0 Å². The number of primary amides is 1. The molecule has 3 nitrogen and oxygen atoms in total. The van der Waals surface area contributed by atoms with Gasteiger partial charge in [-0.3, -0.25) is 4.79 Å². The molecule has 0 bridgehead atoms. The molecular formula is C20H23ClN2O. The van der Waals surface area contributed by atoms with E-state index in [9.17, 15) is 4.79 Å². The van der Waals surface area contributed by atoms with Crippen molar-refractivity contribution in [2.45, 2.75) is 44.2 Å². The predicted octanol–water partition coefficient (Wildman–Crippen LogP) is 4.39. The molecule has 1 fully saturated rings. The molecule has 2 aromatic carbocycles. The number of hydrogen-bond donors (Lipinski definition) is 2. The van der Waals surface area contributed by atoms with Gasteiger partial charge >= 0.3 is 0 Å². The topological polar surface area (TPSA) is 55.1 Å². The summed E-state index contributed by atoms with van der Waals surface area (Å²) >= 11 is 6.05. The molecule has 1 amide bonds. The molecule has 0 spiro atoms. The maximum Gasteiger partial charge on any atom is 0.248 e. The number of benzene rings is 2. The Balaban J connectivity index is 1.81. The van der Waals surface area contributed by atoms with E-state index in [4.69, 9.17) is 17.3 Å². The average molecular weight is 343 g/mol. The van der Waals surface area contributed by atoms with E-state index in [0.717, 1.165) is 23.4 Å². The lowest BCUT2D eigenvalue weighted by Gasteiger charge is -2.39. The minimum Gasteiger partial charge on any atom is -0.366 e. The van der Waals surface area contributed by atoms with Crippen LogP contribution in [0.4, 0.5) is 0 Å². The first-order chi connectivity index (χ1) is 11.6. The summed E-state index contributed by atoms with van der Waals surface area (Å²) in [6, 6.07) is 15.7. The van der Waals surface area contributed by atoms with Crippen LogP contribution in [0.25, 0.3) is 0 Å². The Kier molecular flexibility index (Phi) is 5.22. The maximum atomic E-state index is 11.4. The molecule has 1 aliphatic carbocycles. The number of nitrogens with two attached hydrogens (primary N) is 1. The van der Waals surface area contributed by atoms with Gasteiger partial charge in [0, 0.05) is 22.7 Å². The summed E-state index contributed by atoms with van der Waals surface area (Å²) in [4.78, 5) is 11.4. The zero-order chi connectivity index (χ0) is 17.0. The quantitative estimate of drug-likeness (QED) is 0.846. The van der Waals surface area contributed by atoms with E-state index in [-0.39, 0.29) is 11.4 Å². The number of hydrogen-bond acceptors (Lipinski definition) is 2. The average Bonchev–Trinajstić information content (AvgIpc) is 2.61.